The largest absolute Gasteiger partial charge is 0.339 e. The summed E-state index contributed by atoms with van der Waals surface area (Å²) in [6.45, 7) is 2.56. The molecule has 0 saturated carbocycles. The maximum absolute atomic E-state index is 13.6. The van der Waals surface area contributed by atoms with Crippen LogP contribution in [0.1, 0.15) is 41.9 Å². The van der Waals surface area contributed by atoms with Gasteiger partial charge in [-0.1, -0.05) is 17.3 Å². The third-order valence-electron chi connectivity index (χ3n) is 5.30. The van der Waals surface area contributed by atoms with Crippen LogP contribution in [0.15, 0.2) is 57.9 Å². The van der Waals surface area contributed by atoms with Crippen LogP contribution in [0.2, 0.25) is 0 Å². The van der Waals surface area contributed by atoms with Crippen LogP contribution in [0.3, 0.4) is 0 Å². The van der Waals surface area contributed by atoms with E-state index in [1.165, 1.54) is 19.1 Å². The standard InChI is InChI=1S/C22H22FN3O3S/c1-15(27)17-5-3-7-20(13-17)30(2,28)26-12-4-6-18(14-26)22-24-21(25-29-22)16-8-10-19(23)11-9-16/h3,5,7-11,13,18H,2,4,6,12,14H2,1H3. The van der Waals surface area contributed by atoms with Crippen molar-refractivity contribution in [2.75, 3.05) is 13.1 Å². The van der Waals surface area contributed by atoms with Crippen molar-refractivity contribution in [1.82, 2.24) is 14.4 Å². The molecule has 0 aliphatic carbocycles. The minimum Gasteiger partial charge on any atom is -0.339 e. The van der Waals surface area contributed by atoms with E-state index in [0.717, 1.165) is 12.8 Å². The van der Waals surface area contributed by atoms with Gasteiger partial charge in [-0.15, -0.1) is 0 Å². The Hall–Kier alpha value is -2.84. The number of hydrogen-bond acceptors (Lipinski definition) is 5. The van der Waals surface area contributed by atoms with Crippen LogP contribution in [0.4, 0.5) is 4.39 Å². The van der Waals surface area contributed by atoms with Gasteiger partial charge in [-0.2, -0.15) is 4.98 Å². The second-order valence-electron chi connectivity index (χ2n) is 7.41. The van der Waals surface area contributed by atoms with Gasteiger partial charge in [0.05, 0.1) is 15.6 Å². The number of hydrogen-bond donors (Lipinski definition) is 0. The number of nitrogens with zero attached hydrogens (tertiary/aromatic N) is 3. The fourth-order valence-electron chi connectivity index (χ4n) is 3.59. The number of carbonyl (C=O) groups is 1. The molecule has 2 atom stereocenters. The zero-order valence-electron chi connectivity index (χ0n) is 16.6. The summed E-state index contributed by atoms with van der Waals surface area (Å²) in [6, 6.07) is 12.7. The minimum atomic E-state index is -2.76. The molecule has 1 aliphatic heterocycles. The van der Waals surface area contributed by atoms with Gasteiger partial charge >= 0.3 is 0 Å². The van der Waals surface area contributed by atoms with E-state index in [2.05, 4.69) is 16.0 Å². The van der Waals surface area contributed by atoms with Gasteiger partial charge in [0.2, 0.25) is 11.7 Å². The van der Waals surface area contributed by atoms with Crippen molar-refractivity contribution in [3.05, 3.63) is 65.8 Å². The zero-order chi connectivity index (χ0) is 21.3. The van der Waals surface area contributed by atoms with E-state index in [1.54, 1.807) is 36.4 Å². The molecule has 1 aliphatic rings. The van der Waals surface area contributed by atoms with Crippen LogP contribution in [0.5, 0.6) is 0 Å². The molecule has 1 aromatic heterocycles. The number of rotatable bonds is 5. The Morgan fingerprint density at radius 1 is 1.27 bits per heavy atom. The topological polar surface area (TPSA) is 76.3 Å². The fraction of sp³-hybridized carbons (Fsp3) is 0.273. The molecule has 0 N–H and O–H groups in total. The predicted molar refractivity (Wildman–Crippen MR) is 113 cm³/mol. The first-order valence-electron chi connectivity index (χ1n) is 9.67. The predicted octanol–water partition coefficient (Wildman–Crippen LogP) is 3.95. The summed E-state index contributed by atoms with van der Waals surface area (Å²) in [6.07, 6.45) is 1.63. The molecule has 2 aromatic carbocycles. The van der Waals surface area contributed by atoms with E-state index < -0.39 is 9.71 Å². The lowest BCUT2D eigenvalue weighted by Gasteiger charge is -2.33. The first kappa shape index (κ1) is 20.4. The van der Waals surface area contributed by atoms with E-state index in [9.17, 15) is 13.4 Å². The molecule has 0 spiro atoms. The first-order valence-corrected chi connectivity index (χ1v) is 11.4. The van der Waals surface area contributed by atoms with Crippen LogP contribution in [0, 0.1) is 5.82 Å². The Balaban J connectivity index is 1.55. The molecular weight excluding hydrogens is 405 g/mol. The molecule has 1 fully saturated rings. The van der Waals surface area contributed by atoms with E-state index >= 15 is 0 Å². The molecule has 4 rings (SSSR count). The smallest absolute Gasteiger partial charge is 0.231 e. The van der Waals surface area contributed by atoms with Gasteiger partial charge in [-0.25, -0.2) is 12.9 Å². The molecule has 1 saturated heterocycles. The van der Waals surface area contributed by atoms with Crippen molar-refractivity contribution in [2.24, 2.45) is 0 Å². The SMILES string of the molecule is C=S(=O)(c1cccc(C(C)=O)c1)N1CCCC(c2nc(-c3ccc(F)cc3)no2)C1. The van der Waals surface area contributed by atoms with Gasteiger partial charge in [0.15, 0.2) is 5.78 Å². The highest BCUT2D eigenvalue weighted by molar-refractivity contribution is 7.98. The lowest BCUT2D eigenvalue weighted by molar-refractivity contribution is 0.101. The molecule has 0 radical (unpaired) electrons. The van der Waals surface area contributed by atoms with E-state index in [4.69, 9.17) is 4.52 Å². The minimum absolute atomic E-state index is 0.0808. The molecular formula is C22H22FN3O3S. The van der Waals surface area contributed by atoms with Gasteiger partial charge in [-0.3, -0.25) is 4.79 Å². The molecule has 156 valence electrons. The van der Waals surface area contributed by atoms with Crippen molar-refractivity contribution in [3.63, 3.8) is 0 Å². The van der Waals surface area contributed by atoms with Crippen molar-refractivity contribution < 1.29 is 17.9 Å². The fourth-order valence-corrected chi connectivity index (χ4v) is 5.34. The summed E-state index contributed by atoms with van der Waals surface area (Å²) in [7, 11) is -2.76. The highest BCUT2D eigenvalue weighted by Gasteiger charge is 2.30. The maximum Gasteiger partial charge on any atom is 0.231 e. The molecule has 2 unspecified atom stereocenters. The van der Waals surface area contributed by atoms with Crippen LogP contribution < -0.4 is 0 Å². The molecule has 3 aromatic rings. The van der Waals surface area contributed by atoms with Gasteiger partial charge < -0.3 is 4.52 Å². The molecule has 0 bridgehead atoms. The summed E-state index contributed by atoms with van der Waals surface area (Å²) in [5.41, 5.74) is 1.18. The van der Waals surface area contributed by atoms with Crippen LogP contribution in [-0.2, 0) is 9.71 Å². The number of carbonyl (C=O) groups excluding carboxylic acids is 1. The van der Waals surface area contributed by atoms with Crippen LogP contribution >= 0.6 is 0 Å². The quantitative estimate of drug-likeness (QED) is 0.455. The van der Waals surface area contributed by atoms with Crippen LogP contribution in [0.25, 0.3) is 11.4 Å². The summed E-state index contributed by atoms with van der Waals surface area (Å²) in [4.78, 5) is 16.7. The lowest BCUT2D eigenvalue weighted by Crippen LogP contribution is -2.39. The monoisotopic (exact) mass is 427 g/mol. The van der Waals surface area contributed by atoms with Gasteiger partial charge in [-0.05, 0) is 62.0 Å². The summed E-state index contributed by atoms with van der Waals surface area (Å²) in [5, 5.41) is 4.02. The molecule has 30 heavy (non-hydrogen) atoms. The van der Waals surface area contributed by atoms with E-state index in [0.29, 0.717) is 40.8 Å². The van der Waals surface area contributed by atoms with Gasteiger partial charge in [0, 0.05) is 29.1 Å². The number of piperidine rings is 1. The molecule has 0 amide bonds. The number of ketones is 1. The molecule has 2 heterocycles. The lowest BCUT2D eigenvalue weighted by atomic mass is 10.00. The Labute approximate surface area is 174 Å². The number of benzene rings is 2. The van der Waals surface area contributed by atoms with E-state index in [-0.39, 0.29) is 17.5 Å². The summed E-state index contributed by atoms with van der Waals surface area (Å²) < 4.78 is 34.0. The Kier molecular flexibility index (Phi) is 5.53. The summed E-state index contributed by atoms with van der Waals surface area (Å²) in [5.74, 6) is 4.36. The van der Waals surface area contributed by atoms with Crippen molar-refractivity contribution in [3.8, 4) is 11.4 Å². The maximum atomic E-state index is 13.6. The number of halogens is 1. The Morgan fingerprint density at radius 2 is 2.03 bits per heavy atom. The average molecular weight is 428 g/mol. The number of Topliss-reactive ketones (excluding diaryl/α,β-unsaturated/α-hetero) is 1. The third kappa shape index (κ3) is 4.06. The highest BCUT2D eigenvalue weighted by atomic mass is 32.2. The Morgan fingerprint density at radius 3 is 2.77 bits per heavy atom. The zero-order valence-corrected chi connectivity index (χ0v) is 17.4. The highest BCUT2D eigenvalue weighted by Crippen LogP contribution is 2.31. The first-order chi connectivity index (χ1) is 14.3. The normalized spacial score (nSPS) is 19.3. The van der Waals surface area contributed by atoms with Crippen molar-refractivity contribution in [2.45, 2.75) is 30.6 Å². The number of aromatic nitrogens is 2. The second-order valence-corrected chi connectivity index (χ2v) is 9.68. The van der Waals surface area contributed by atoms with E-state index in [1.807, 2.05) is 4.31 Å². The van der Waals surface area contributed by atoms with Gasteiger partial charge in [0.1, 0.15) is 5.82 Å². The third-order valence-corrected chi connectivity index (χ3v) is 7.46. The van der Waals surface area contributed by atoms with Crippen LogP contribution in [-0.4, -0.2) is 43.4 Å². The van der Waals surface area contributed by atoms with Crippen molar-refractivity contribution in [1.29, 1.82) is 0 Å². The second kappa shape index (κ2) is 8.12. The Bertz CT molecular complexity index is 1170. The molecule has 8 heteroatoms. The average Bonchev–Trinajstić information content (AvgIpc) is 3.25. The molecule has 6 nitrogen and oxygen atoms in total. The van der Waals surface area contributed by atoms with Crippen molar-refractivity contribution >= 4 is 21.4 Å². The summed E-state index contributed by atoms with van der Waals surface area (Å²) >= 11 is 0. The van der Waals surface area contributed by atoms with Gasteiger partial charge in [0.25, 0.3) is 0 Å².